The number of ether oxygens (including phenoxy) is 1. The highest BCUT2D eigenvalue weighted by molar-refractivity contribution is 9.10. The summed E-state index contributed by atoms with van der Waals surface area (Å²) in [5.74, 6) is 0.169. The molecule has 0 amide bonds. The number of imidazole rings is 1. The number of aromatic nitrogens is 4. The monoisotopic (exact) mass is 424 g/mol. The third-order valence-electron chi connectivity index (χ3n) is 3.67. The van der Waals surface area contributed by atoms with Crippen LogP contribution >= 0.6 is 23.8 Å². The van der Waals surface area contributed by atoms with E-state index >= 15 is 0 Å². The number of nitrogens with zero attached hydrogens (tertiary/aromatic N) is 4. The number of fused-ring (bicyclic) bond motifs is 2. The molecule has 7 N–H and O–H groups in total. The van der Waals surface area contributed by atoms with Crippen molar-refractivity contribution in [3.8, 4) is 0 Å². The number of nitrogens with two attached hydrogens (primary N) is 1. The lowest BCUT2D eigenvalue weighted by molar-refractivity contribution is -0.245. The van der Waals surface area contributed by atoms with Crippen LogP contribution in [-0.4, -0.2) is 49.5 Å². The number of phosphoric ester groups is 1. The molecule has 0 spiro atoms. The van der Waals surface area contributed by atoms with Crippen LogP contribution < -0.4 is 16.8 Å². The summed E-state index contributed by atoms with van der Waals surface area (Å²) in [4.78, 5) is 23.5. The molecule has 2 saturated heterocycles. The summed E-state index contributed by atoms with van der Waals surface area (Å²) >= 11 is 3.25. The molecular formula is C10H14BrN6O6P. The zero-order chi connectivity index (χ0) is 16.4. The molecule has 14 heteroatoms. The lowest BCUT2D eigenvalue weighted by Crippen LogP contribution is -2.41. The van der Waals surface area contributed by atoms with E-state index in [1.54, 1.807) is 0 Å². The zero-order valence-electron chi connectivity index (χ0n) is 12.3. The van der Waals surface area contributed by atoms with E-state index in [2.05, 4.69) is 35.4 Å². The van der Waals surface area contributed by atoms with Gasteiger partial charge in [0.15, 0.2) is 27.9 Å². The third kappa shape index (κ3) is 2.62. The van der Waals surface area contributed by atoms with E-state index in [4.69, 9.17) is 15.0 Å². The van der Waals surface area contributed by atoms with Crippen LogP contribution in [-0.2, 0) is 18.3 Å². The standard InChI is InChI=1S/C10H11BrN5O6P.H3N/c11-10-15-4-7(12)13-2-14-8(4)16(10)9-5(17)6-3(21-9)1-20-23(18,19)22-6;/h2-3,5-6,9,17H,1H2,(H,18,19)(H2,12,13,14);1H3/t3-,5-,6-,9-;/m1./s1. The highest BCUT2D eigenvalue weighted by Crippen LogP contribution is 2.50. The van der Waals surface area contributed by atoms with Gasteiger partial charge in [0.25, 0.3) is 7.82 Å². The summed E-state index contributed by atoms with van der Waals surface area (Å²) in [7, 11) is -4.44. The largest absolute Gasteiger partial charge is 0.756 e. The van der Waals surface area contributed by atoms with Crippen molar-refractivity contribution in [3.05, 3.63) is 11.1 Å². The predicted octanol–water partition coefficient (Wildman–Crippen LogP) is -0.311. The molecular weight excluding hydrogens is 411 g/mol. The number of quaternary nitrogens is 1. The van der Waals surface area contributed by atoms with Gasteiger partial charge in [-0.2, -0.15) is 0 Å². The Bertz CT molecular complexity index is 834. The minimum Gasteiger partial charge on any atom is -0.756 e. The SMILES string of the molecule is Nc1ncnc2c1nc(Br)n2[C@@H]1O[C@@H]2COP(=O)([O-])O[C@H]2[C@H]1O.[NH4+]. The molecule has 0 bridgehead atoms. The molecule has 2 aliphatic rings. The number of hydrogen-bond acceptors (Lipinski definition) is 10. The lowest BCUT2D eigenvalue weighted by atomic mass is 10.1. The molecule has 132 valence electrons. The van der Waals surface area contributed by atoms with Crippen molar-refractivity contribution in [1.82, 2.24) is 25.7 Å². The maximum atomic E-state index is 11.4. The second-order valence-electron chi connectivity index (χ2n) is 5.05. The molecule has 4 rings (SSSR count). The van der Waals surface area contributed by atoms with E-state index in [9.17, 15) is 14.6 Å². The summed E-state index contributed by atoms with van der Waals surface area (Å²) in [6.07, 6.45) is -2.80. The molecule has 0 saturated carbocycles. The highest BCUT2D eigenvalue weighted by atomic mass is 79.9. The van der Waals surface area contributed by atoms with Crippen LogP contribution in [0.15, 0.2) is 11.1 Å². The van der Waals surface area contributed by atoms with Crippen LogP contribution in [0.2, 0.25) is 0 Å². The van der Waals surface area contributed by atoms with Gasteiger partial charge in [-0.05, 0) is 15.9 Å². The Kier molecular flexibility index (Phi) is 4.38. The second kappa shape index (κ2) is 5.97. The van der Waals surface area contributed by atoms with Gasteiger partial charge in [-0.15, -0.1) is 0 Å². The van der Waals surface area contributed by atoms with Gasteiger partial charge in [0, 0.05) is 0 Å². The molecule has 2 aromatic rings. The van der Waals surface area contributed by atoms with Crippen molar-refractivity contribution in [1.29, 1.82) is 0 Å². The molecule has 0 aromatic carbocycles. The highest BCUT2D eigenvalue weighted by Gasteiger charge is 2.50. The van der Waals surface area contributed by atoms with Gasteiger partial charge in [-0.1, -0.05) is 0 Å². The van der Waals surface area contributed by atoms with Crippen LogP contribution in [0.1, 0.15) is 6.23 Å². The number of rotatable bonds is 1. The molecule has 2 fully saturated rings. The first-order valence-corrected chi connectivity index (χ1v) is 8.74. The fourth-order valence-corrected chi connectivity index (χ4v) is 4.16. The summed E-state index contributed by atoms with van der Waals surface area (Å²) in [5, 5.41) is 10.4. The molecule has 12 nitrogen and oxygen atoms in total. The Hall–Kier alpha value is -1.18. The molecule has 2 aliphatic heterocycles. The number of nitrogen functional groups attached to an aromatic ring is 1. The Labute approximate surface area is 143 Å². The van der Waals surface area contributed by atoms with Crippen molar-refractivity contribution >= 4 is 40.7 Å². The van der Waals surface area contributed by atoms with Gasteiger partial charge in [0.2, 0.25) is 0 Å². The van der Waals surface area contributed by atoms with E-state index in [1.165, 1.54) is 10.9 Å². The number of aliphatic hydroxyl groups excluding tert-OH is 1. The summed E-state index contributed by atoms with van der Waals surface area (Å²) in [6.45, 7) is -0.236. The fourth-order valence-electron chi connectivity index (χ4n) is 2.67. The Morgan fingerprint density at radius 1 is 1.50 bits per heavy atom. The van der Waals surface area contributed by atoms with E-state index < -0.39 is 32.4 Å². The number of anilines is 1. The Morgan fingerprint density at radius 2 is 2.25 bits per heavy atom. The van der Waals surface area contributed by atoms with E-state index in [-0.39, 0.29) is 18.6 Å². The van der Waals surface area contributed by atoms with Crippen molar-refractivity contribution < 1.29 is 28.3 Å². The van der Waals surface area contributed by atoms with E-state index in [1.807, 2.05) is 0 Å². The van der Waals surface area contributed by atoms with Crippen molar-refractivity contribution in [2.45, 2.75) is 24.5 Å². The van der Waals surface area contributed by atoms with Crippen molar-refractivity contribution in [2.24, 2.45) is 0 Å². The van der Waals surface area contributed by atoms with Gasteiger partial charge < -0.3 is 35.7 Å². The smallest absolute Gasteiger partial charge is 0.268 e. The first-order chi connectivity index (χ1) is 10.9. The van der Waals surface area contributed by atoms with Crippen molar-refractivity contribution in [2.75, 3.05) is 12.3 Å². The van der Waals surface area contributed by atoms with Crippen molar-refractivity contribution in [3.63, 3.8) is 0 Å². The zero-order valence-corrected chi connectivity index (χ0v) is 14.8. The third-order valence-corrected chi connectivity index (χ3v) is 5.20. The van der Waals surface area contributed by atoms with Crippen LogP contribution in [0, 0.1) is 0 Å². The predicted molar refractivity (Wildman–Crippen MR) is 81.8 cm³/mol. The summed E-state index contributed by atoms with van der Waals surface area (Å²) in [6, 6.07) is 0. The van der Waals surface area contributed by atoms with E-state index in [0.717, 1.165) is 0 Å². The molecule has 5 atom stereocenters. The minimum absolute atomic E-state index is 0. The van der Waals surface area contributed by atoms with Crippen LogP contribution in [0.3, 0.4) is 0 Å². The topological polar surface area (TPSA) is 194 Å². The average molecular weight is 425 g/mol. The molecule has 4 heterocycles. The summed E-state index contributed by atoms with van der Waals surface area (Å²) < 4.78 is 28.2. The minimum atomic E-state index is -4.44. The number of phosphoric acid groups is 1. The maximum Gasteiger partial charge on any atom is 0.268 e. The fraction of sp³-hybridized carbons (Fsp3) is 0.500. The normalized spacial score (nSPS) is 35.6. The van der Waals surface area contributed by atoms with Crippen LogP contribution in [0.5, 0.6) is 0 Å². The van der Waals surface area contributed by atoms with Gasteiger partial charge in [-0.25, -0.2) is 15.0 Å². The first kappa shape index (κ1) is 17.6. The van der Waals surface area contributed by atoms with E-state index in [0.29, 0.717) is 15.9 Å². The number of halogens is 1. The van der Waals surface area contributed by atoms with Gasteiger partial charge in [-0.3, -0.25) is 9.13 Å². The van der Waals surface area contributed by atoms with Gasteiger partial charge in [0.05, 0.1) is 6.61 Å². The number of hydrogen-bond donors (Lipinski definition) is 3. The molecule has 1 unspecified atom stereocenters. The maximum absolute atomic E-state index is 11.4. The molecule has 0 aliphatic carbocycles. The van der Waals surface area contributed by atoms with Crippen LogP contribution in [0.4, 0.5) is 5.82 Å². The van der Waals surface area contributed by atoms with Crippen LogP contribution in [0.25, 0.3) is 11.2 Å². The quantitative estimate of drug-likeness (QED) is 0.403. The first-order valence-electron chi connectivity index (χ1n) is 6.49. The van der Waals surface area contributed by atoms with Gasteiger partial charge in [0.1, 0.15) is 24.6 Å². The second-order valence-corrected chi connectivity index (χ2v) is 7.12. The molecule has 2 aromatic heterocycles. The lowest BCUT2D eigenvalue weighted by Gasteiger charge is -2.34. The summed E-state index contributed by atoms with van der Waals surface area (Å²) in [5.41, 5.74) is 6.41. The molecule has 24 heavy (non-hydrogen) atoms. The number of aliphatic hydroxyl groups is 1. The van der Waals surface area contributed by atoms with Gasteiger partial charge >= 0.3 is 0 Å². The Balaban J connectivity index is 0.00000169. The molecule has 0 radical (unpaired) electrons. The average Bonchev–Trinajstić information content (AvgIpc) is 2.97. The Morgan fingerprint density at radius 3 is 3.00 bits per heavy atom.